The fourth-order valence-electron chi connectivity index (χ4n) is 2.92. The van der Waals surface area contributed by atoms with E-state index in [0.717, 1.165) is 47.9 Å². The molecular weight excluding hydrogens is 407 g/mol. The highest BCUT2D eigenvalue weighted by atomic mass is 35.5. The Bertz CT molecular complexity index is 980. The molecule has 0 amide bonds. The summed E-state index contributed by atoms with van der Waals surface area (Å²) in [6, 6.07) is 15.0. The molecule has 0 fully saturated rings. The van der Waals surface area contributed by atoms with Gasteiger partial charge in [0.25, 0.3) is 0 Å². The Morgan fingerprint density at radius 2 is 1.86 bits per heavy atom. The van der Waals surface area contributed by atoms with E-state index in [1.807, 2.05) is 35.0 Å². The van der Waals surface area contributed by atoms with Crippen LogP contribution in [0.25, 0.3) is 5.69 Å². The van der Waals surface area contributed by atoms with E-state index >= 15 is 0 Å². The van der Waals surface area contributed by atoms with Crippen molar-refractivity contribution < 1.29 is 4.74 Å². The largest absolute Gasteiger partial charge is 0.497 e. The van der Waals surface area contributed by atoms with Crippen LogP contribution in [0.2, 0.25) is 10.0 Å². The molecule has 1 heterocycles. The number of unbranched alkanes of at least 4 members (excludes halogenated alkanes) is 1. The van der Waals surface area contributed by atoms with Gasteiger partial charge in [-0.25, -0.2) is 4.68 Å². The second-order valence-electron chi connectivity index (χ2n) is 6.62. The Morgan fingerprint density at radius 3 is 2.55 bits per heavy atom. The second kappa shape index (κ2) is 9.72. The van der Waals surface area contributed by atoms with Crippen LogP contribution in [0.4, 0.5) is 11.5 Å². The fourth-order valence-corrected chi connectivity index (χ4v) is 3.45. The molecule has 0 saturated heterocycles. The van der Waals surface area contributed by atoms with Crippen LogP contribution in [-0.2, 0) is 6.42 Å². The number of ether oxygens (including phenoxy) is 1. The molecule has 2 N–H and O–H groups in total. The van der Waals surface area contributed by atoms with Crippen molar-refractivity contribution in [1.29, 1.82) is 0 Å². The van der Waals surface area contributed by atoms with E-state index in [2.05, 4.69) is 24.1 Å². The molecule has 3 rings (SSSR count). The van der Waals surface area contributed by atoms with Gasteiger partial charge in [-0.3, -0.25) is 0 Å². The first-order valence-electron chi connectivity index (χ1n) is 9.41. The summed E-state index contributed by atoms with van der Waals surface area (Å²) in [6.07, 6.45) is 3.10. The molecule has 29 heavy (non-hydrogen) atoms. The van der Waals surface area contributed by atoms with E-state index in [9.17, 15) is 0 Å². The van der Waals surface area contributed by atoms with E-state index in [4.69, 9.17) is 33.0 Å². The Kier molecular flexibility index (Phi) is 7.07. The third kappa shape index (κ3) is 5.68. The highest BCUT2D eigenvalue weighted by Crippen LogP contribution is 2.25. The summed E-state index contributed by atoms with van der Waals surface area (Å²) in [6.45, 7) is 6.24. The Morgan fingerprint density at radius 1 is 1.10 bits per heavy atom. The lowest BCUT2D eigenvalue weighted by molar-refractivity contribution is 0.414. The zero-order chi connectivity index (χ0) is 20.8. The average Bonchev–Trinajstić information content (AvgIpc) is 3.08. The summed E-state index contributed by atoms with van der Waals surface area (Å²) in [5.74, 6) is 2.15. The van der Waals surface area contributed by atoms with Crippen LogP contribution < -0.4 is 15.4 Å². The number of aryl methyl sites for hydroxylation is 1. The van der Waals surface area contributed by atoms with Crippen molar-refractivity contribution in [2.24, 2.45) is 0 Å². The maximum Gasteiger partial charge on any atom is 0.135 e. The van der Waals surface area contributed by atoms with Crippen molar-refractivity contribution >= 4 is 34.7 Å². The first kappa shape index (κ1) is 21.1. The van der Waals surface area contributed by atoms with Crippen LogP contribution in [-0.4, -0.2) is 16.9 Å². The SMILES string of the molecule is C=C(Nc1cc(Cl)cc(Cl)c1)Nc1cc(CCCC)nn1-c1cccc(OC)c1. The summed E-state index contributed by atoms with van der Waals surface area (Å²) >= 11 is 12.2. The van der Waals surface area contributed by atoms with Crippen molar-refractivity contribution in [2.45, 2.75) is 26.2 Å². The molecule has 0 spiro atoms. The quantitative estimate of drug-likeness (QED) is 0.405. The lowest BCUT2D eigenvalue weighted by atomic mass is 10.2. The number of halogens is 2. The molecule has 152 valence electrons. The number of hydrogen-bond donors (Lipinski definition) is 2. The van der Waals surface area contributed by atoms with Crippen LogP contribution in [0, 0.1) is 0 Å². The maximum atomic E-state index is 6.08. The van der Waals surface area contributed by atoms with Gasteiger partial charge in [-0.15, -0.1) is 0 Å². The van der Waals surface area contributed by atoms with Gasteiger partial charge in [0, 0.05) is 27.9 Å². The van der Waals surface area contributed by atoms with Gasteiger partial charge >= 0.3 is 0 Å². The maximum absolute atomic E-state index is 6.08. The molecule has 3 aromatic rings. The molecule has 0 aliphatic carbocycles. The second-order valence-corrected chi connectivity index (χ2v) is 7.50. The number of nitrogens with zero attached hydrogens (tertiary/aromatic N) is 2. The van der Waals surface area contributed by atoms with E-state index in [0.29, 0.717) is 15.9 Å². The predicted molar refractivity (Wildman–Crippen MR) is 122 cm³/mol. The third-order valence-electron chi connectivity index (χ3n) is 4.28. The summed E-state index contributed by atoms with van der Waals surface area (Å²) in [5.41, 5.74) is 2.66. The lowest BCUT2D eigenvalue weighted by Crippen LogP contribution is -2.11. The standard InChI is InChI=1S/C22H24Cl2N4O/c1-4-5-7-18-13-22(28(27-18)20-8-6-9-21(14-20)29-3)26-15(2)25-19-11-16(23)10-17(24)12-19/h6,8-14,25-26H,2,4-5,7H2,1,3H3. The predicted octanol–water partition coefficient (Wildman–Crippen LogP) is 6.53. The van der Waals surface area contributed by atoms with Crippen LogP contribution in [0.15, 0.2) is 60.9 Å². The summed E-state index contributed by atoms with van der Waals surface area (Å²) < 4.78 is 7.21. The van der Waals surface area contributed by atoms with Crippen LogP contribution in [0.1, 0.15) is 25.5 Å². The molecule has 1 aromatic heterocycles. The number of hydrogen-bond acceptors (Lipinski definition) is 4. The van der Waals surface area contributed by atoms with E-state index in [-0.39, 0.29) is 0 Å². The molecule has 0 aliphatic heterocycles. The Balaban J connectivity index is 1.86. The van der Waals surface area contributed by atoms with Crippen molar-refractivity contribution in [3.8, 4) is 11.4 Å². The lowest BCUT2D eigenvalue weighted by Gasteiger charge is -2.14. The van der Waals surface area contributed by atoms with Crippen molar-refractivity contribution in [3.63, 3.8) is 0 Å². The molecule has 0 bridgehead atoms. The van der Waals surface area contributed by atoms with Gasteiger partial charge in [-0.05, 0) is 43.2 Å². The van der Waals surface area contributed by atoms with Crippen LogP contribution in [0.5, 0.6) is 5.75 Å². The van der Waals surface area contributed by atoms with Gasteiger partial charge in [0.05, 0.1) is 18.5 Å². The molecule has 0 radical (unpaired) electrons. The monoisotopic (exact) mass is 430 g/mol. The minimum Gasteiger partial charge on any atom is -0.497 e. The number of rotatable bonds is 9. The van der Waals surface area contributed by atoms with Gasteiger partial charge < -0.3 is 15.4 Å². The Labute approximate surface area is 181 Å². The molecule has 0 aliphatic rings. The highest BCUT2D eigenvalue weighted by molar-refractivity contribution is 6.35. The van der Waals surface area contributed by atoms with Crippen molar-refractivity contribution in [1.82, 2.24) is 9.78 Å². The third-order valence-corrected chi connectivity index (χ3v) is 4.72. The number of methoxy groups -OCH3 is 1. The smallest absolute Gasteiger partial charge is 0.135 e. The Hall–Kier alpha value is -2.63. The fraction of sp³-hybridized carbons (Fsp3) is 0.227. The molecule has 0 unspecified atom stereocenters. The molecule has 0 saturated carbocycles. The molecule has 5 nitrogen and oxygen atoms in total. The van der Waals surface area contributed by atoms with Crippen LogP contribution >= 0.6 is 23.2 Å². The van der Waals surface area contributed by atoms with E-state index < -0.39 is 0 Å². The molecular formula is C22H24Cl2N4O. The van der Waals surface area contributed by atoms with Crippen molar-refractivity contribution in [3.05, 3.63) is 76.7 Å². The zero-order valence-corrected chi connectivity index (χ0v) is 18.0. The van der Waals surface area contributed by atoms with E-state index in [1.54, 1.807) is 25.3 Å². The van der Waals surface area contributed by atoms with Gasteiger partial charge in [0.2, 0.25) is 0 Å². The number of anilines is 2. The minimum absolute atomic E-state index is 0.552. The number of nitrogens with one attached hydrogen (secondary N) is 2. The van der Waals surface area contributed by atoms with Crippen molar-refractivity contribution in [2.75, 3.05) is 17.7 Å². The number of aromatic nitrogens is 2. The van der Waals surface area contributed by atoms with Gasteiger partial charge in [0.15, 0.2) is 0 Å². The molecule has 0 atom stereocenters. The summed E-state index contributed by atoms with van der Waals surface area (Å²) in [5, 5.41) is 12.4. The summed E-state index contributed by atoms with van der Waals surface area (Å²) in [7, 11) is 1.65. The molecule has 2 aromatic carbocycles. The van der Waals surface area contributed by atoms with E-state index in [1.165, 1.54) is 0 Å². The summed E-state index contributed by atoms with van der Waals surface area (Å²) in [4.78, 5) is 0. The topological polar surface area (TPSA) is 51.1 Å². The first-order chi connectivity index (χ1) is 14.0. The van der Waals surface area contributed by atoms with Gasteiger partial charge in [-0.1, -0.05) is 49.2 Å². The average molecular weight is 431 g/mol. The highest BCUT2D eigenvalue weighted by Gasteiger charge is 2.12. The molecule has 7 heteroatoms. The van der Waals surface area contributed by atoms with Gasteiger partial charge in [-0.2, -0.15) is 5.10 Å². The minimum atomic E-state index is 0.552. The number of benzene rings is 2. The van der Waals surface area contributed by atoms with Crippen LogP contribution in [0.3, 0.4) is 0 Å². The normalized spacial score (nSPS) is 10.6. The first-order valence-corrected chi connectivity index (χ1v) is 10.2. The van der Waals surface area contributed by atoms with Gasteiger partial charge in [0.1, 0.15) is 17.4 Å². The zero-order valence-electron chi connectivity index (χ0n) is 16.5.